The van der Waals surface area contributed by atoms with Crippen LogP contribution in [0.1, 0.15) is 25.5 Å². The van der Waals surface area contributed by atoms with Crippen molar-refractivity contribution >= 4 is 17.2 Å². The summed E-state index contributed by atoms with van der Waals surface area (Å²) in [6.07, 6.45) is 4.13. The second kappa shape index (κ2) is 8.64. The molecule has 33 heavy (non-hydrogen) atoms. The third kappa shape index (κ3) is 3.71. The van der Waals surface area contributed by atoms with Crippen molar-refractivity contribution in [3.63, 3.8) is 0 Å². The number of aromatic nitrogens is 3. The second-order valence-corrected chi connectivity index (χ2v) is 9.10. The van der Waals surface area contributed by atoms with Gasteiger partial charge in [-0.15, -0.1) is 0 Å². The van der Waals surface area contributed by atoms with Gasteiger partial charge in [0.2, 0.25) is 0 Å². The van der Waals surface area contributed by atoms with E-state index in [1.165, 1.54) is 0 Å². The van der Waals surface area contributed by atoms with Crippen molar-refractivity contribution in [2.45, 2.75) is 31.5 Å². The van der Waals surface area contributed by atoms with Crippen LogP contribution in [-0.4, -0.2) is 71.4 Å². The Bertz CT molecular complexity index is 1090. The first-order valence-electron chi connectivity index (χ1n) is 11.6. The monoisotopic (exact) mass is 448 g/mol. The number of likely N-dealkylation sites (N-methyl/N-ethyl adjacent to an activating group) is 2. The maximum atomic E-state index is 6.30. The van der Waals surface area contributed by atoms with Crippen LogP contribution < -0.4 is 16.0 Å². The molecular formula is C24H32N8O. The van der Waals surface area contributed by atoms with Crippen molar-refractivity contribution < 1.29 is 4.63 Å². The molecule has 1 unspecified atom stereocenters. The van der Waals surface area contributed by atoms with Crippen molar-refractivity contribution in [2.75, 3.05) is 56.2 Å². The lowest BCUT2D eigenvalue weighted by molar-refractivity contribution is 0.123. The minimum Gasteiger partial charge on any atom is -0.379 e. The van der Waals surface area contributed by atoms with E-state index in [1.54, 1.807) is 0 Å². The van der Waals surface area contributed by atoms with Crippen LogP contribution >= 0.6 is 0 Å². The Morgan fingerprint density at radius 2 is 1.94 bits per heavy atom. The average Bonchev–Trinajstić information content (AvgIpc) is 3.40. The topological polar surface area (TPSA) is 99.6 Å². The van der Waals surface area contributed by atoms with Crippen LogP contribution in [0.3, 0.4) is 0 Å². The lowest BCUT2D eigenvalue weighted by Gasteiger charge is -2.43. The van der Waals surface area contributed by atoms with Gasteiger partial charge in [0.05, 0.1) is 17.1 Å². The molecule has 0 radical (unpaired) electrons. The molecule has 1 fully saturated rings. The third-order valence-corrected chi connectivity index (χ3v) is 7.07. The molecule has 2 aliphatic heterocycles. The molecule has 0 saturated carbocycles. The number of pyridine rings is 1. The number of piperidine rings is 1. The van der Waals surface area contributed by atoms with E-state index in [9.17, 15) is 0 Å². The van der Waals surface area contributed by atoms with Crippen LogP contribution in [0.2, 0.25) is 0 Å². The standard InChI is InChI=1S/C24H32N8O/c1-4-32-19-10-13-26-20(17-8-6-5-7-9-17)21(19)27-24(32,22-23(25)29-33-28-22)16-31(3)18-11-14-30(2)15-12-18/h5-10,13,18,27H,4,11-12,14-16H2,1-3H3,(H2,25,29). The molecule has 0 bridgehead atoms. The Morgan fingerprint density at radius 1 is 1.18 bits per heavy atom. The number of nitrogens with one attached hydrogen (secondary N) is 1. The summed E-state index contributed by atoms with van der Waals surface area (Å²) in [4.78, 5) is 11.9. The molecule has 0 amide bonds. The van der Waals surface area contributed by atoms with E-state index in [-0.39, 0.29) is 0 Å². The number of fused-ring (bicyclic) bond motifs is 1. The fourth-order valence-electron chi connectivity index (χ4n) is 5.33. The molecule has 9 heteroatoms. The lowest BCUT2D eigenvalue weighted by atomic mass is 9.99. The number of likely N-dealkylation sites (tertiary alicyclic amines) is 1. The molecule has 4 heterocycles. The molecule has 5 rings (SSSR count). The number of rotatable bonds is 6. The summed E-state index contributed by atoms with van der Waals surface area (Å²) in [5.74, 6) is 0.305. The summed E-state index contributed by atoms with van der Waals surface area (Å²) >= 11 is 0. The SMILES string of the molecule is CCN1c2ccnc(-c3ccccc3)c2NC1(CN(C)C1CCN(C)CC1)c1nonc1N. The van der Waals surface area contributed by atoms with Crippen LogP contribution in [-0.2, 0) is 5.66 Å². The van der Waals surface area contributed by atoms with Gasteiger partial charge in [-0.2, -0.15) is 0 Å². The van der Waals surface area contributed by atoms with E-state index in [1.807, 2.05) is 24.4 Å². The summed E-state index contributed by atoms with van der Waals surface area (Å²) in [6, 6.07) is 12.8. The highest BCUT2D eigenvalue weighted by atomic mass is 16.6. The van der Waals surface area contributed by atoms with Gasteiger partial charge in [-0.1, -0.05) is 30.3 Å². The number of hydrogen-bond acceptors (Lipinski definition) is 9. The summed E-state index contributed by atoms with van der Waals surface area (Å²) < 4.78 is 5.10. The Labute approximate surface area is 194 Å². The van der Waals surface area contributed by atoms with Gasteiger partial charge in [-0.05, 0) is 63.3 Å². The largest absolute Gasteiger partial charge is 0.379 e. The first-order chi connectivity index (χ1) is 16.0. The van der Waals surface area contributed by atoms with Gasteiger partial charge < -0.3 is 20.9 Å². The number of nitrogens with two attached hydrogens (primary N) is 1. The predicted octanol–water partition coefficient (Wildman–Crippen LogP) is 2.84. The smallest absolute Gasteiger partial charge is 0.196 e. The van der Waals surface area contributed by atoms with Crippen LogP contribution in [0.5, 0.6) is 0 Å². The average molecular weight is 449 g/mol. The highest BCUT2D eigenvalue weighted by Gasteiger charge is 2.50. The van der Waals surface area contributed by atoms with E-state index < -0.39 is 5.66 Å². The molecule has 1 aromatic carbocycles. The first-order valence-corrected chi connectivity index (χ1v) is 11.6. The van der Waals surface area contributed by atoms with E-state index >= 15 is 0 Å². The van der Waals surface area contributed by atoms with Gasteiger partial charge >= 0.3 is 0 Å². The number of hydrogen-bond donors (Lipinski definition) is 2. The van der Waals surface area contributed by atoms with Gasteiger partial charge in [0.1, 0.15) is 0 Å². The van der Waals surface area contributed by atoms with Gasteiger partial charge in [-0.25, -0.2) is 4.63 Å². The third-order valence-electron chi connectivity index (χ3n) is 7.07. The summed E-state index contributed by atoms with van der Waals surface area (Å²) in [6.45, 7) is 5.78. The molecule has 2 aliphatic rings. The minimum absolute atomic E-state index is 0.305. The van der Waals surface area contributed by atoms with Crippen molar-refractivity contribution in [3.8, 4) is 11.3 Å². The zero-order valence-electron chi connectivity index (χ0n) is 19.5. The first kappa shape index (κ1) is 21.7. The summed E-state index contributed by atoms with van der Waals surface area (Å²) in [7, 11) is 4.38. The molecular weight excluding hydrogens is 416 g/mol. The highest BCUT2D eigenvalue weighted by Crippen LogP contribution is 2.49. The Hall–Kier alpha value is -3.17. The van der Waals surface area contributed by atoms with Crippen LogP contribution in [0.15, 0.2) is 47.2 Å². The molecule has 3 N–H and O–H groups in total. The van der Waals surface area contributed by atoms with Gasteiger partial charge in [0.15, 0.2) is 17.2 Å². The predicted molar refractivity (Wildman–Crippen MR) is 130 cm³/mol. The summed E-state index contributed by atoms with van der Waals surface area (Å²) in [5.41, 5.74) is 10.2. The van der Waals surface area contributed by atoms with Crippen molar-refractivity contribution in [2.24, 2.45) is 0 Å². The molecule has 1 saturated heterocycles. The van der Waals surface area contributed by atoms with Crippen molar-refractivity contribution in [3.05, 3.63) is 48.3 Å². The Morgan fingerprint density at radius 3 is 2.61 bits per heavy atom. The number of nitrogen functional groups attached to an aromatic ring is 1. The Balaban J connectivity index is 1.58. The van der Waals surface area contributed by atoms with E-state index in [0.717, 1.165) is 55.1 Å². The molecule has 174 valence electrons. The van der Waals surface area contributed by atoms with Crippen molar-refractivity contribution in [1.29, 1.82) is 0 Å². The molecule has 9 nitrogen and oxygen atoms in total. The fraction of sp³-hybridized carbons (Fsp3) is 0.458. The van der Waals surface area contributed by atoms with Crippen LogP contribution in [0, 0.1) is 0 Å². The zero-order chi connectivity index (χ0) is 23.0. The quantitative estimate of drug-likeness (QED) is 0.590. The van der Waals surface area contributed by atoms with Crippen molar-refractivity contribution in [1.82, 2.24) is 25.1 Å². The maximum absolute atomic E-state index is 6.30. The second-order valence-electron chi connectivity index (χ2n) is 9.10. The van der Waals surface area contributed by atoms with E-state index in [0.29, 0.717) is 24.1 Å². The molecule has 2 aromatic heterocycles. The summed E-state index contributed by atoms with van der Waals surface area (Å²) in [5, 5.41) is 12.0. The number of nitrogens with zero attached hydrogens (tertiary/aromatic N) is 6. The fourth-order valence-corrected chi connectivity index (χ4v) is 5.33. The van der Waals surface area contributed by atoms with Crippen LogP contribution in [0.4, 0.5) is 17.2 Å². The van der Waals surface area contributed by atoms with Gasteiger partial charge in [-0.3, -0.25) is 9.88 Å². The lowest BCUT2D eigenvalue weighted by Crippen LogP contribution is -2.57. The number of benzene rings is 1. The minimum atomic E-state index is -0.716. The van der Waals surface area contributed by atoms with E-state index in [2.05, 4.69) is 69.5 Å². The molecule has 0 spiro atoms. The zero-order valence-corrected chi connectivity index (χ0v) is 19.5. The molecule has 3 aromatic rings. The molecule has 1 atom stereocenters. The normalized spacial score (nSPS) is 21.4. The maximum Gasteiger partial charge on any atom is 0.196 e. The highest BCUT2D eigenvalue weighted by molar-refractivity contribution is 5.90. The van der Waals surface area contributed by atoms with Crippen LogP contribution in [0.25, 0.3) is 11.3 Å². The Kier molecular flexibility index (Phi) is 5.67. The van der Waals surface area contributed by atoms with Gasteiger partial charge in [0.25, 0.3) is 0 Å². The van der Waals surface area contributed by atoms with E-state index in [4.69, 9.17) is 15.3 Å². The van der Waals surface area contributed by atoms with Gasteiger partial charge in [0, 0.05) is 30.9 Å². The molecule has 0 aliphatic carbocycles. The number of anilines is 3.